The van der Waals surface area contributed by atoms with Gasteiger partial charge in [0.05, 0.1) is 0 Å². The van der Waals surface area contributed by atoms with Crippen molar-refractivity contribution in [1.82, 2.24) is 4.90 Å². The van der Waals surface area contributed by atoms with Gasteiger partial charge in [0.25, 0.3) is 0 Å². The van der Waals surface area contributed by atoms with Gasteiger partial charge in [0.2, 0.25) is 0 Å². The van der Waals surface area contributed by atoms with E-state index >= 15 is 0 Å². The first kappa shape index (κ1) is 14.1. The molecule has 3 rings (SSSR count). The van der Waals surface area contributed by atoms with Gasteiger partial charge in [-0.3, -0.25) is 4.90 Å². The first-order valence-electron chi connectivity index (χ1n) is 8.17. The highest BCUT2D eigenvalue weighted by atomic mass is 15.2. The van der Waals surface area contributed by atoms with Gasteiger partial charge >= 0.3 is 0 Å². The van der Waals surface area contributed by atoms with Crippen molar-refractivity contribution in [2.45, 2.75) is 51.6 Å². The van der Waals surface area contributed by atoms with Crippen LogP contribution in [-0.2, 0) is 6.42 Å². The van der Waals surface area contributed by atoms with Crippen molar-refractivity contribution in [3.63, 3.8) is 0 Å². The molecule has 0 bridgehead atoms. The third-order valence-corrected chi connectivity index (χ3v) is 5.12. The molecule has 1 heterocycles. The third-order valence-electron chi connectivity index (χ3n) is 5.12. The van der Waals surface area contributed by atoms with Crippen LogP contribution in [0.15, 0.2) is 24.3 Å². The van der Waals surface area contributed by atoms with Gasteiger partial charge in [-0.15, -0.1) is 0 Å². The van der Waals surface area contributed by atoms with E-state index in [-0.39, 0.29) is 0 Å². The second-order valence-corrected chi connectivity index (χ2v) is 7.08. The second-order valence-electron chi connectivity index (χ2n) is 7.08. The molecule has 1 aliphatic heterocycles. The van der Waals surface area contributed by atoms with Gasteiger partial charge in [0, 0.05) is 25.2 Å². The van der Waals surface area contributed by atoms with Crippen molar-refractivity contribution in [2.24, 2.45) is 17.6 Å². The molecule has 0 spiro atoms. The molecule has 1 saturated carbocycles. The summed E-state index contributed by atoms with van der Waals surface area (Å²) in [6, 6.07) is 10.1. The van der Waals surface area contributed by atoms with Crippen molar-refractivity contribution >= 4 is 0 Å². The number of hydrogen-bond acceptors (Lipinski definition) is 2. The maximum atomic E-state index is 6.31. The molecule has 20 heavy (non-hydrogen) atoms. The molecule has 1 saturated heterocycles. The maximum absolute atomic E-state index is 6.31. The molecule has 2 aliphatic rings. The van der Waals surface area contributed by atoms with E-state index in [1.807, 2.05) is 0 Å². The molecule has 1 aromatic rings. The van der Waals surface area contributed by atoms with Gasteiger partial charge in [-0.2, -0.15) is 0 Å². The van der Waals surface area contributed by atoms with Gasteiger partial charge in [0.1, 0.15) is 0 Å². The Hall–Kier alpha value is -0.860. The van der Waals surface area contributed by atoms with Crippen LogP contribution in [0.2, 0.25) is 0 Å². The monoisotopic (exact) mass is 272 g/mol. The molecule has 2 fully saturated rings. The van der Waals surface area contributed by atoms with Crippen LogP contribution < -0.4 is 5.73 Å². The molecule has 3 unspecified atom stereocenters. The van der Waals surface area contributed by atoms with Crippen LogP contribution in [0.1, 0.15) is 37.3 Å². The summed E-state index contributed by atoms with van der Waals surface area (Å²) in [5.41, 5.74) is 9.12. The molecular weight excluding hydrogens is 244 g/mol. The molecule has 3 atom stereocenters. The lowest BCUT2D eigenvalue weighted by Crippen LogP contribution is -2.51. The lowest BCUT2D eigenvalue weighted by atomic mass is 9.88. The van der Waals surface area contributed by atoms with E-state index in [0.29, 0.717) is 6.04 Å². The Morgan fingerprint density at radius 3 is 2.55 bits per heavy atom. The number of likely N-dealkylation sites (tertiary alicyclic amines) is 1. The molecule has 1 aliphatic carbocycles. The fraction of sp³-hybridized carbons (Fsp3) is 0.667. The average molecular weight is 272 g/mol. The summed E-state index contributed by atoms with van der Waals surface area (Å²) in [4.78, 5) is 2.66. The summed E-state index contributed by atoms with van der Waals surface area (Å²) in [5, 5.41) is 0. The van der Waals surface area contributed by atoms with E-state index in [9.17, 15) is 0 Å². The normalized spacial score (nSPS) is 29.4. The minimum Gasteiger partial charge on any atom is -0.327 e. The van der Waals surface area contributed by atoms with E-state index < -0.39 is 0 Å². The quantitative estimate of drug-likeness (QED) is 0.913. The largest absolute Gasteiger partial charge is 0.327 e. The summed E-state index contributed by atoms with van der Waals surface area (Å²) >= 11 is 0. The number of rotatable bonds is 4. The molecule has 0 radical (unpaired) electrons. The highest BCUT2D eigenvalue weighted by Crippen LogP contribution is 2.36. The van der Waals surface area contributed by atoms with E-state index in [1.165, 1.54) is 43.4 Å². The topological polar surface area (TPSA) is 29.3 Å². The third kappa shape index (κ3) is 3.42. The minimum atomic E-state index is 0.361. The fourth-order valence-corrected chi connectivity index (χ4v) is 3.70. The van der Waals surface area contributed by atoms with E-state index in [0.717, 1.165) is 24.4 Å². The van der Waals surface area contributed by atoms with E-state index in [1.54, 1.807) is 0 Å². The van der Waals surface area contributed by atoms with Crippen molar-refractivity contribution < 1.29 is 0 Å². The molecule has 110 valence electrons. The predicted octanol–water partition coefficient (Wildman–Crippen LogP) is 2.99. The molecule has 0 aromatic heterocycles. The first-order chi connectivity index (χ1) is 9.61. The SMILES string of the molecule is Cc1ccc(CC2CC(N)CN(C(C)C3CC3)C2)cc1. The van der Waals surface area contributed by atoms with Gasteiger partial charge < -0.3 is 5.73 Å². The van der Waals surface area contributed by atoms with Crippen LogP contribution in [-0.4, -0.2) is 30.1 Å². The number of benzene rings is 1. The summed E-state index contributed by atoms with van der Waals surface area (Å²) in [6.45, 7) is 6.89. The lowest BCUT2D eigenvalue weighted by Gasteiger charge is -2.40. The predicted molar refractivity (Wildman–Crippen MR) is 84.7 cm³/mol. The van der Waals surface area contributed by atoms with Crippen LogP contribution in [0, 0.1) is 18.8 Å². The van der Waals surface area contributed by atoms with Crippen LogP contribution >= 0.6 is 0 Å². The Balaban J connectivity index is 1.61. The Morgan fingerprint density at radius 2 is 1.90 bits per heavy atom. The van der Waals surface area contributed by atoms with Crippen LogP contribution in [0.5, 0.6) is 0 Å². The standard InChI is InChI=1S/C18H28N2/c1-13-3-5-15(6-4-13)9-16-10-18(19)12-20(11-16)14(2)17-7-8-17/h3-6,14,16-18H,7-12,19H2,1-2H3. The fourth-order valence-electron chi connectivity index (χ4n) is 3.70. The molecule has 2 heteroatoms. The molecule has 2 nitrogen and oxygen atoms in total. The number of nitrogens with two attached hydrogens (primary N) is 1. The Morgan fingerprint density at radius 1 is 1.20 bits per heavy atom. The highest BCUT2D eigenvalue weighted by molar-refractivity contribution is 5.21. The average Bonchev–Trinajstić information content (AvgIpc) is 3.24. The van der Waals surface area contributed by atoms with Crippen molar-refractivity contribution in [2.75, 3.05) is 13.1 Å². The van der Waals surface area contributed by atoms with Gasteiger partial charge in [-0.1, -0.05) is 29.8 Å². The zero-order valence-electron chi connectivity index (χ0n) is 12.9. The maximum Gasteiger partial charge on any atom is 0.0171 e. The second kappa shape index (κ2) is 5.87. The summed E-state index contributed by atoms with van der Waals surface area (Å²) in [5.74, 6) is 1.67. The Labute approximate surface area is 123 Å². The van der Waals surface area contributed by atoms with Gasteiger partial charge in [0.15, 0.2) is 0 Å². The van der Waals surface area contributed by atoms with Crippen molar-refractivity contribution in [1.29, 1.82) is 0 Å². The Kier molecular flexibility index (Phi) is 4.13. The number of piperidine rings is 1. The number of nitrogens with zero attached hydrogens (tertiary/aromatic N) is 1. The summed E-state index contributed by atoms with van der Waals surface area (Å²) in [6.07, 6.45) is 5.22. The highest BCUT2D eigenvalue weighted by Gasteiger charge is 2.35. The molecule has 0 amide bonds. The van der Waals surface area contributed by atoms with Crippen LogP contribution in [0.3, 0.4) is 0 Å². The van der Waals surface area contributed by atoms with Crippen LogP contribution in [0.4, 0.5) is 0 Å². The minimum absolute atomic E-state index is 0.361. The zero-order valence-corrected chi connectivity index (χ0v) is 12.9. The summed E-state index contributed by atoms with van der Waals surface area (Å²) in [7, 11) is 0. The van der Waals surface area contributed by atoms with E-state index in [2.05, 4.69) is 43.0 Å². The molecule has 1 aromatic carbocycles. The summed E-state index contributed by atoms with van der Waals surface area (Å²) < 4.78 is 0. The lowest BCUT2D eigenvalue weighted by molar-refractivity contribution is 0.106. The van der Waals surface area contributed by atoms with E-state index in [4.69, 9.17) is 5.73 Å². The Bertz CT molecular complexity index is 435. The zero-order chi connectivity index (χ0) is 14.1. The first-order valence-corrected chi connectivity index (χ1v) is 8.17. The smallest absolute Gasteiger partial charge is 0.0171 e. The van der Waals surface area contributed by atoms with Gasteiger partial charge in [-0.25, -0.2) is 0 Å². The molecular formula is C18H28N2. The van der Waals surface area contributed by atoms with Crippen molar-refractivity contribution in [3.05, 3.63) is 35.4 Å². The number of hydrogen-bond donors (Lipinski definition) is 1. The molecule has 2 N–H and O–H groups in total. The van der Waals surface area contributed by atoms with Crippen LogP contribution in [0.25, 0.3) is 0 Å². The van der Waals surface area contributed by atoms with Gasteiger partial charge in [-0.05, 0) is 56.9 Å². The van der Waals surface area contributed by atoms with Crippen molar-refractivity contribution in [3.8, 4) is 0 Å². The number of aryl methyl sites for hydroxylation is 1.